The highest BCUT2D eigenvalue weighted by Crippen LogP contribution is 2.35. The molecule has 4 heteroatoms. The zero-order valence-electron chi connectivity index (χ0n) is 12.0. The van der Waals surface area contributed by atoms with E-state index >= 15 is 0 Å². The summed E-state index contributed by atoms with van der Waals surface area (Å²) in [5.74, 6) is 1.34. The first-order chi connectivity index (χ1) is 10.2. The van der Waals surface area contributed by atoms with Gasteiger partial charge in [-0.1, -0.05) is 19.1 Å². The van der Waals surface area contributed by atoms with Gasteiger partial charge < -0.3 is 15.8 Å². The number of hydrogen-bond acceptors (Lipinski definition) is 3. The van der Waals surface area contributed by atoms with E-state index in [4.69, 9.17) is 10.5 Å². The number of carbonyl (C=O) groups is 1. The van der Waals surface area contributed by atoms with Gasteiger partial charge in [0.1, 0.15) is 5.75 Å². The summed E-state index contributed by atoms with van der Waals surface area (Å²) in [6, 6.07) is 11.6. The third-order valence-corrected chi connectivity index (χ3v) is 3.69. The predicted molar refractivity (Wildman–Crippen MR) is 83.7 cm³/mol. The molecule has 0 atom stereocenters. The van der Waals surface area contributed by atoms with E-state index in [2.05, 4.69) is 12.2 Å². The van der Waals surface area contributed by atoms with Crippen molar-refractivity contribution >= 4 is 17.3 Å². The highest BCUT2D eigenvalue weighted by Gasteiger charge is 2.17. The smallest absolute Gasteiger partial charge is 0.224 e. The van der Waals surface area contributed by atoms with Crippen LogP contribution in [0.5, 0.6) is 11.5 Å². The minimum absolute atomic E-state index is 0.0329. The van der Waals surface area contributed by atoms with E-state index in [1.807, 2.05) is 30.3 Å². The van der Waals surface area contributed by atoms with Gasteiger partial charge in [0.25, 0.3) is 0 Å². The molecule has 0 aromatic heterocycles. The number of fused-ring (bicyclic) bond motifs is 1. The summed E-state index contributed by atoms with van der Waals surface area (Å²) in [7, 11) is 0. The van der Waals surface area contributed by atoms with Crippen LogP contribution in [0.3, 0.4) is 0 Å². The van der Waals surface area contributed by atoms with Crippen molar-refractivity contribution in [2.24, 2.45) is 0 Å². The van der Waals surface area contributed by atoms with Crippen LogP contribution in [0.25, 0.3) is 0 Å². The summed E-state index contributed by atoms with van der Waals surface area (Å²) in [4.78, 5) is 11.5. The van der Waals surface area contributed by atoms with E-state index in [1.165, 1.54) is 5.56 Å². The third-order valence-electron chi connectivity index (χ3n) is 3.69. The number of amides is 1. The second kappa shape index (κ2) is 5.48. The Hall–Kier alpha value is -2.49. The fraction of sp³-hybridized carbons (Fsp3) is 0.235. The van der Waals surface area contributed by atoms with Crippen molar-refractivity contribution in [2.75, 3.05) is 11.1 Å². The Labute approximate surface area is 123 Å². The number of nitrogens with two attached hydrogens (primary N) is 1. The van der Waals surface area contributed by atoms with Crippen molar-refractivity contribution in [2.45, 2.75) is 26.2 Å². The molecule has 1 heterocycles. The summed E-state index contributed by atoms with van der Waals surface area (Å²) in [6.45, 7) is 2.11. The van der Waals surface area contributed by atoms with Crippen molar-refractivity contribution < 1.29 is 9.53 Å². The zero-order chi connectivity index (χ0) is 14.8. The lowest BCUT2D eigenvalue weighted by Crippen LogP contribution is -2.19. The van der Waals surface area contributed by atoms with Crippen LogP contribution in [0, 0.1) is 0 Å². The fourth-order valence-electron chi connectivity index (χ4n) is 2.44. The van der Waals surface area contributed by atoms with Crippen molar-refractivity contribution in [1.82, 2.24) is 0 Å². The quantitative estimate of drug-likeness (QED) is 0.847. The van der Waals surface area contributed by atoms with Crippen LogP contribution in [0.15, 0.2) is 36.4 Å². The Morgan fingerprint density at radius 1 is 1.19 bits per heavy atom. The van der Waals surface area contributed by atoms with Crippen LogP contribution in [-0.4, -0.2) is 5.91 Å². The van der Waals surface area contributed by atoms with Gasteiger partial charge in [0.15, 0.2) is 5.75 Å². The SMILES string of the molecule is CCc1ccc(Oc2cc3c(cc2N)CCC(=O)N3)cc1. The number of anilines is 2. The van der Waals surface area contributed by atoms with E-state index in [1.54, 1.807) is 6.07 Å². The van der Waals surface area contributed by atoms with Crippen LogP contribution >= 0.6 is 0 Å². The first-order valence-electron chi connectivity index (χ1n) is 7.14. The number of aryl methyl sites for hydroxylation is 2. The van der Waals surface area contributed by atoms with Gasteiger partial charge in [0.05, 0.1) is 5.69 Å². The summed E-state index contributed by atoms with van der Waals surface area (Å²) in [5.41, 5.74) is 9.74. The second-order valence-electron chi connectivity index (χ2n) is 5.19. The molecule has 1 aliphatic heterocycles. The van der Waals surface area contributed by atoms with E-state index in [9.17, 15) is 4.79 Å². The number of carbonyl (C=O) groups excluding carboxylic acids is 1. The van der Waals surface area contributed by atoms with Gasteiger partial charge in [-0.2, -0.15) is 0 Å². The first kappa shape index (κ1) is 13.5. The zero-order valence-corrected chi connectivity index (χ0v) is 12.0. The summed E-state index contributed by atoms with van der Waals surface area (Å²) >= 11 is 0. The molecule has 0 saturated heterocycles. The molecule has 1 amide bonds. The lowest BCUT2D eigenvalue weighted by molar-refractivity contribution is -0.116. The molecule has 0 fully saturated rings. The van der Waals surface area contributed by atoms with Crippen molar-refractivity contribution in [1.29, 1.82) is 0 Å². The van der Waals surface area contributed by atoms with Crippen molar-refractivity contribution in [3.8, 4) is 11.5 Å². The predicted octanol–water partition coefficient (Wildman–Crippen LogP) is 3.51. The van der Waals surface area contributed by atoms with Crippen LogP contribution in [-0.2, 0) is 17.6 Å². The average Bonchev–Trinajstić information content (AvgIpc) is 2.49. The Bertz CT molecular complexity index is 678. The monoisotopic (exact) mass is 282 g/mol. The molecule has 21 heavy (non-hydrogen) atoms. The van der Waals surface area contributed by atoms with Gasteiger partial charge in [-0.25, -0.2) is 0 Å². The molecular formula is C17H18N2O2. The second-order valence-corrected chi connectivity index (χ2v) is 5.19. The van der Waals surface area contributed by atoms with Crippen molar-refractivity contribution in [3.63, 3.8) is 0 Å². The Morgan fingerprint density at radius 2 is 1.95 bits per heavy atom. The number of hydrogen-bond donors (Lipinski definition) is 2. The Kier molecular flexibility index (Phi) is 3.52. The summed E-state index contributed by atoms with van der Waals surface area (Å²) < 4.78 is 5.83. The highest BCUT2D eigenvalue weighted by molar-refractivity contribution is 5.94. The average molecular weight is 282 g/mol. The molecule has 1 aliphatic rings. The first-order valence-corrected chi connectivity index (χ1v) is 7.14. The largest absolute Gasteiger partial charge is 0.455 e. The van der Waals surface area contributed by atoms with Gasteiger partial charge in [-0.15, -0.1) is 0 Å². The van der Waals surface area contributed by atoms with Gasteiger partial charge in [0.2, 0.25) is 5.91 Å². The lowest BCUT2D eigenvalue weighted by atomic mass is 10.0. The molecule has 2 aromatic carbocycles. The standard InChI is InChI=1S/C17H18N2O2/c1-2-11-3-6-13(7-4-11)21-16-10-15-12(9-14(16)18)5-8-17(20)19-15/h3-4,6-7,9-10H,2,5,8,18H2,1H3,(H,19,20). The summed E-state index contributed by atoms with van der Waals surface area (Å²) in [5, 5.41) is 2.86. The fourth-order valence-corrected chi connectivity index (χ4v) is 2.44. The maximum absolute atomic E-state index is 11.5. The number of ether oxygens (including phenoxy) is 1. The van der Waals surface area contributed by atoms with E-state index in [0.717, 1.165) is 29.8 Å². The minimum atomic E-state index is 0.0329. The molecular weight excluding hydrogens is 264 g/mol. The molecule has 3 N–H and O–H groups in total. The normalized spacial score (nSPS) is 13.5. The molecule has 0 unspecified atom stereocenters. The van der Waals surface area contributed by atoms with Gasteiger partial charge in [0, 0.05) is 18.2 Å². The highest BCUT2D eigenvalue weighted by atomic mass is 16.5. The van der Waals surface area contributed by atoms with Crippen LogP contribution in [0.2, 0.25) is 0 Å². The maximum Gasteiger partial charge on any atom is 0.224 e. The Balaban J connectivity index is 1.87. The van der Waals surface area contributed by atoms with Crippen LogP contribution in [0.1, 0.15) is 24.5 Å². The van der Waals surface area contributed by atoms with Crippen molar-refractivity contribution in [3.05, 3.63) is 47.5 Å². The van der Waals surface area contributed by atoms with Crippen LogP contribution in [0.4, 0.5) is 11.4 Å². The topological polar surface area (TPSA) is 64.3 Å². The number of rotatable bonds is 3. The minimum Gasteiger partial charge on any atom is -0.455 e. The van der Waals surface area contributed by atoms with E-state index < -0.39 is 0 Å². The molecule has 0 spiro atoms. The third kappa shape index (κ3) is 2.84. The van der Waals surface area contributed by atoms with E-state index in [0.29, 0.717) is 17.9 Å². The lowest BCUT2D eigenvalue weighted by Gasteiger charge is -2.19. The molecule has 0 saturated carbocycles. The summed E-state index contributed by atoms with van der Waals surface area (Å²) in [6.07, 6.45) is 2.22. The molecule has 2 aromatic rings. The number of benzene rings is 2. The van der Waals surface area contributed by atoms with Gasteiger partial charge in [-0.05, 0) is 42.2 Å². The number of nitrogens with one attached hydrogen (secondary N) is 1. The molecule has 108 valence electrons. The number of nitrogen functional groups attached to an aromatic ring is 1. The van der Waals surface area contributed by atoms with Gasteiger partial charge in [-0.3, -0.25) is 4.79 Å². The molecule has 0 radical (unpaired) electrons. The van der Waals surface area contributed by atoms with Gasteiger partial charge >= 0.3 is 0 Å². The molecule has 0 bridgehead atoms. The maximum atomic E-state index is 11.5. The van der Waals surface area contributed by atoms with E-state index in [-0.39, 0.29) is 5.91 Å². The molecule has 3 rings (SSSR count). The Morgan fingerprint density at radius 3 is 2.67 bits per heavy atom. The molecule has 0 aliphatic carbocycles. The molecule has 4 nitrogen and oxygen atoms in total. The van der Waals surface area contributed by atoms with Crippen LogP contribution < -0.4 is 15.8 Å².